The first-order chi connectivity index (χ1) is 4.68. The summed E-state index contributed by atoms with van der Waals surface area (Å²) in [6.45, 7) is 6.42. The fourth-order valence-corrected chi connectivity index (χ4v) is 0.742. The Morgan fingerprint density at radius 1 is 1.30 bits per heavy atom. The SMILES string of the molecule is CCC(C)(CC)OCC[O]. The molecule has 0 aromatic rings. The summed E-state index contributed by atoms with van der Waals surface area (Å²) in [5.41, 5.74) is -0.0651. The lowest BCUT2D eigenvalue weighted by atomic mass is 10.0. The molecule has 0 rings (SSSR count). The second-order valence-corrected chi connectivity index (χ2v) is 2.71. The normalized spacial score (nSPS) is 12.0. The van der Waals surface area contributed by atoms with Gasteiger partial charge in [0, 0.05) is 0 Å². The van der Waals surface area contributed by atoms with E-state index in [9.17, 15) is 5.11 Å². The average molecular weight is 145 g/mol. The molecule has 0 aromatic heterocycles. The van der Waals surface area contributed by atoms with Crippen molar-refractivity contribution >= 4 is 0 Å². The fourth-order valence-electron chi connectivity index (χ4n) is 0.742. The molecule has 1 radical (unpaired) electrons. The molecule has 0 amide bonds. The van der Waals surface area contributed by atoms with E-state index < -0.39 is 0 Å². The van der Waals surface area contributed by atoms with Gasteiger partial charge in [0.1, 0.15) is 6.61 Å². The largest absolute Gasteiger partial charge is 0.373 e. The quantitative estimate of drug-likeness (QED) is 0.581. The molecular formula is C8H17O2. The third-order valence-corrected chi connectivity index (χ3v) is 2.03. The predicted octanol–water partition coefficient (Wildman–Crippen LogP) is 2.01. The van der Waals surface area contributed by atoms with Crippen molar-refractivity contribution in [3.8, 4) is 0 Å². The zero-order valence-electron chi connectivity index (χ0n) is 7.14. The smallest absolute Gasteiger partial charge is 0.106 e. The Labute approximate surface area is 63.2 Å². The van der Waals surface area contributed by atoms with Crippen LogP contribution in [0.15, 0.2) is 0 Å². The molecule has 0 unspecified atom stereocenters. The molecule has 0 fully saturated rings. The van der Waals surface area contributed by atoms with Crippen molar-refractivity contribution in [3.63, 3.8) is 0 Å². The molecule has 0 N–H and O–H groups in total. The molecule has 0 aliphatic rings. The van der Waals surface area contributed by atoms with Crippen molar-refractivity contribution in [1.82, 2.24) is 0 Å². The van der Waals surface area contributed by atoms with Crippen molar-refractivity contribution in [2.24, 2.45) is 0 Å². The van der Waals surface area contributed by atoms with Crippen molar-refractivity contribution in [2.45, 2.75) is 39.2 Å². The van der Waals surface area contributed by atoms with E-state index in [1.165, 1.54) is 0 Å². The molecule has 0 aliphatic carbocycles. The van der Waals surface area contributed by atoms with Crippen LogP contribution in [0.3, 0.4) is 0 Å². The van der Waals surface area contributed by atoms with Gasteiger partial charge in [-0.25, -0.2) is 5.11 Å². The fraction of sp³-hybridized carbons (Fsp3) is 1.00. The van der Waals surface area contributed by atoms with Crippen LogP contribution in [0.1, 0.15) is 33.6 Å². The first kappa shape index (κ1) is 9.92. The zero-order chi connectivity index (χ0) is 8.04. The Kier molecular flexibility index (Phi) is 4.65. The molecule has 61 valence electrons. The minimum absolute atomic E-state index is 0.0651. The molecule has 0 bridgehead atoms. The van der Waals surface area contributed by atoms with E-state index in [0.717, 1.165) is 12.8 Å². The van der Waals surface area contributed by atoms with Gasteiger partial charge in [-0.1, -0.05) is 13.8 Å². The van der Waals surface area contributed by atoms with E-state index in [1.54, 1.807) is 0 Å². The summed E-state index contributed by atoms with van der Waals surface area (Å²) in [4.78, 5) is 0. The summed E-state index contributed by atoms with van der Waals surface area (Å²) < 4.78 is 5.36. The molecule has 0 aliphatic heterocycles. The molecule has 2 nitrogen and oxygen atoms in total. The van der Waals surface area contributed by atoms with E-state index in [-0.39, 0.29) is 12.2 Å². The molecule has 2 heteroatoms. The van der Waals surface area contributed by atoms with Crippen LogP contribution >= 0.6 is 0 Å². The molecule has 0 spiro atoms. The highest BCUT2D eigenvalue weighted by molar-refractivity contribution is 4.70. The van der Waals surface area contributed by atoms with Gasteiger partial charge >= 0.3 is 0 Å². The van der Waals surface area contributed by atoms with Crippen LogP contribution in [0.4, 0.5) is 0 Å². The van der Waals surface area contributed by atoms with Crippen LogP contribution in [0, 0.1) is 0 Å². The van der Waals surface area contributed by atoms with Gasteiger partial charge in [0.15, 0.2) is 0 Å². The second-order valence-electron chi connectivity index (χ2n) is 2.71. The second kappa shape index (κ2) is 4.69. The van der Waals surface area contributed by atoms with Crippen LogP contribution in [-0.4, -0.2) is 18.8 Å². The lowest BCUT2D eigenvalue weighted by Gasteiger charge is -2.26. The highest BCUT2D eigenvalue weighted by Crippen LogP contribution is 2.18. The minimum atomic E-state index is -0.129. The van der Waals surface area contributed by atoms with Crippen molar-refractivity contribution in [3.05, 3.63) is 0 Å². The van der Waals surface area contributed by atoms with Crippen molar-refractivity contribution < 1.29 is 9.84 Å². The van der Waals surface area contributed by atoms with E-state index >= 15 is 0 Å². The first-order valence-electron chi connectivity index (χ1n) is 3.90. The van der Waals surface area contributed by atoms with Gasteiger partial charge in [0.25, 0.3) is 0 Å². The van der Waals surface area contributed by atoms with Gasteiger partial charge in [0.2, 0.25) is 0 Å². The molecule has 0 saturated heterocycles. The summed E-state index contributed by atoms with van der Waals surface area (Å²) >= 11 is 0. The third-order valence-electron chi connectivity index (χ3n) is 2.03. The standard InChI is InChI=1S/C8H17O2/c1-4-8(3,5-2)10-7-6-9/h4-7H2,1-3H3. The summed E-state index contributed by atoms with van der Waals surface area (Å²) in [7, 11) is 0. The van der Waals surface area contributed by atoms with Crippen molar-refractivity contribution in [1.29, 1.82) is 0 Å². The lowest BCUT2D eigenvalue weighted by molar-refractivity contribution is -0.0586. The minimum Gasteiger partial charge on any atom is -0.373 e. The van der Waals surface area contributed by atoms with Gasteiger partial charge in [0.05, 0.1) is 12.2 Å². The summed E-state index contributed by atoms with van der Waals surface area (Å²) in [6, 6.07) is 0. The van der Waals surface area contributed by atoms with Crippen molar-refractivity contribution in [2.75, 3.05) is 13.2 Å². The maximum atomic E-state index is 10.1. The van der Waals surface area contributed by atoms with Crippen LogP contribution in [0.2, 0.25) is 0 Å². The summed E-state index contributed by atoms with van der Waals surface area (Å²) in [5, 5.41) is 10.1. The highest BCUT2D eigenvalue weighted by atomic mass is 16.5. The summed E-state index contributed by atoms with van der Waals surface area (Å²) in [6.07, 6.45) is 1.95. The maximum Gasteiger partial charge on any atom is 0.106 e. The van der Waals surface area contributed by atoms with E-state index in [2.05, 4.69) is 13.8 Å². The lowest BCUT2D eigenvalue weighted by Crippen LogP contribution is -2.27. The molecule has 10 heavy (non-hydrogen) atoms. The summed E-state index contributed by atoms with van der Waals surface area (Å²) in [5.74, 6) is 0. The number of ether oxygens (including phenoxy) is 1. The van der Waals surface area contributed by atoms with Crippen LogP contribution < -0.4 is 0 Å². The Bertz CT molecular complexity index is 77.3. The molecule has 0 atom stereocenters. The Morgan fingerprint density at radius 2 is 1.80 bits per heavy atom. The number of hydrogen-bond donors (Lipinski definition) is 0. The van der Waals surface area contributed by atoms with Crippen LogP contribution in [0.5, 0.6) is 0 Å². The first-order valence-corrected chi connectivity index (χ1v) is 3.90. The third kappa shape index (κ3) is 3.18. The Morgan fingerprint density at radius 3 is 2.10 bits per heavy atom. The average Bonchev–Trinajstić information content (AvgIpc) is 2.00. The number of hydrogen-bond acceptors (Lipinski definition) is 1. The Hall–Kier alpha value is -0.0800. The predicted molar refractivity (Wildman–Crippen MR) is 40.5 cm³/mol. The highest BCUT2D eigenvalue weighted by Gasteiger charge is 2.19. The van der Waals surface area contributed by atoms with Gasteiger partial charge < -0.3 is 4.74 Å². The molecule has 0 heterocycles. The van der Waals surface area contributed by atoms with Crippen LogP contribution in [0.25, 0.3) is 0 Å². The zero-order valence-corrected chi connectivity index (χ0v) is 7.14. The topological polar surface area (TPSA) is 29.1 Å². The maximum absolute atomic E-state index is 10.1. The Balaban J connectivity index is 3.58. The molecule has 0 saturated carbocycles. The van der Waals surface area contributed by atoms with Gasteiger partial charge in [-0.15, -0.1) is 0 Å². The van der Waals surface area contributed by atoms with Gasteiger partial charge in [-0.3, -0.25) is 0 Å². The van der Waals surface area contributed by atoms with Gasteiger partial charge in [-0.2, -0.15) is 0 Å². The van der Waals surface area contributed by atoms with E-state index in [4.69, 9.17) is 4.74 Å². The van der Waals surface area contributed by atoms with E-state index in [1.807, 2.05) is 6.92 Å². The van der Waals surface area contributed by atoms with Crippen LogP contribution in [-0.2, 0) is 9.84 Å². The van der Waals surface area contributed by atoms with E-state index in [0.29, 0.717) is 6.61 Å². The molecular weight excluding hydrogens is 128 g/mol. The number of rotatable bonds is 5. The monoisotopic (exact) mass is 145 g/mol. The van der Waals surface area contributed by atoms with Gasteiger partial charge in [-0.05, 0) is 19.8 Å². The molecule has 0 aromatic carbocycles.